The lowest BCUT2D eigenvalue weighted by Crippen LogP contribution is -2.42. The fourth-order valence-electron chi connectivity index (χ4n) is 12.8. The molecule has 0 aromatic heterocycles. The number of ketones is 4. The second-order valence-corrected chi connectivity index (χ2v) is 28.9. The van der Waals surface area contributed by atoms with Crippen molar-refractivity contribution in [3.8, 4) is 23.0 Å². The minimum absolute atomic E-state index is 0.00723. The van der Waals surface area contributed by atoms with Crippen LogP contribution in [0.4, 0.5) is 19.2 Å². The van der Waals surface area contributed by atoms with E-state index in [4.69, 9.17) is 55.1 Å². The number of primary amides is 2. The fraction of sp³-hybridized carbons (Fsp3) is 0.355. The predicted octanol–water partition coefficient (Wildman–Crippen LogP) is 12.0. The summed E-state index contributed by atoms with van der Waals surface area (Å²) in [4.78, 5) is 155. The van der Waals surface area contributed by atoms with Gasteiger partial charge in [-0.05, 0) is 164 Å². The van der Waals surface area contributed by atoms with Gasteiger partial charge in [0, 0.05) is 57.8 Å². The first-order valence-corrected chi connectivity index (χ1v) is 40.5. The minimum Gasteiger partial charge on any atom is -0.496 e. The monoisotopic (exact) mass is 1670 g/mol. The van der Waals surface area contributed by atoms with Crippen LogP contribution in [0, 0.1) is 5.92 Å². The second-order valence-electron chi connectivity index (χ2n) is 28.9. The number of hydrogen-bond donors (Lipinski definition) is 9. The quantitative estimate of drug-likeness (QED) is 0.0126. The Morgan fingerprint density at radius 2 is 0.566 bits per heavy atom. The SMILES string of the molecule is COc1ccc(CC(=O)[C@H](CCCCNC(=O)OCc2ccccc2)NC(=O)c2cc(CC(=O)[C@@H](C)CCCCNC(=O)OCc3ccccc3)ccc2OC)cc1C(N)=O.COc1ccc(CC(=O)[C@H](CCCCNC(=O)OCc2ccccc2)NC(=O)c2cc(CC(=O)[C@@H](N)CCCCNC(=O)OCc3ccccc3)ccc2OC)cc1C(N)=O. The third-order valence-electron chi connectivity index (χ3n) is 19.7. The number of unbranched alkanes of at least 4 members (excludes halogenated alkanes) is 4. The average molecular weight is 1670 g/mol. The zero-order valence-electron chi connectivity index (χ0n) is 69.7. The van der Waals surface area contributed by atoms with Gasteiger partial charge in [-0.3, -0.25) is 38.4 Å². The van der Waals surface area contributed by atoms with Crippen LogP contribution in [0.25, 0.3) is 0 Å². The molecule has 0 bridgehead atoms. The lowest BCUT2D eigenvalue weighted by molar-refractivity contribution is -0.122. The van der Waals surface area contributed by atoms with Crippen LogP contribution >= 0.6 is 0 Å². The van der Waals surface area contributed by atoms with E-state index < -0.39 is 66.1 Å². The number of alkyl carbamates (subject to hydrolysis) is 4. The van der Waals surface area contributed by atoms with Gasteiger partial charge in [0.25, 0.3) is 23.6 Å². The molecule has 0 aliphatic carbocycles. The van der Waals surface area contributed by atoms with Gasteiger partial charge in [-0.2, -0.15) is 0 Å². The molecule has 0 aliphatic heterocycles. The van der Waals surface area contributed by atoms with Crippen LogP contribution in [0.3, 0.4) is 0 Å². The van der Waals surface area contributed by atoms with Crippen molar-refractivity contribution in [2.45, 2.75) is 154 Å². The van der Waals surface area contributed by atoms with Crippen LogP contribution < -0.4 is 68.0 Å². The first-order chi connectivity index (χ1) is 58.9. The highest BCUT2D eigenvalue weighted by Crippen LogP contribution is 2.27. The number of ether oxygens (including phenoxy) is 8. The molecule has 8 rings (SSSR count). The van der Waals surface area contributed by atoms with E-state index in [2.05, 4.69) is 31.9 Å². The normalized spacial score (nSPS) is 11.7. The first kappa shape index (κ1) is 95.7. The Morgan fingerprint density at radius 3 is 0.861 bits per heavy atom. The third kappa shape index (κ3) is 34.1. The average Bonchev–Trinajstić information content (AvgIpc) is 0.797. The summed E-state index contributed by atoms with van der Waals surface area (Å²) in [5, 5.41) is 16.6. The zero-order valence-corrected chi connectivity index (χ0v) is 69.7. The van der Waals surface area contributed by atoms with Crippen LogP contribution in [-0.2, 0) is 90.2 Å². The summed E-state index contributed by atoms with van der Waals surface area (Å²) in [6.07, 6.45) is 3.56. The Labute approximate surface area is 710 Å². The number of methoxy groups -OCH3 is 4. The lowest BCUT2D eigenvalue weighted by atomic mass is 9.93. The number of amides is 8. The van der Waals surface area contributed by atoms with Crippen LogP contribution in [-0.4, -0.2) is 144 Å². The minimum atomic E-state index is -0.972. The molecule has 122 heavy (non-hydrogen) atoms. The van der Waals surface area contributed by atoms with E-state index in [1.54, 1.807) is 60.7 Å². The Bertz CT molecular complexity index is 4450. The Morgan fingerprint density at radius 1 is 0.303 bits per heavy atom. The number of rotatable bonds is 50. The van der Waals surface area contributed by atoms with E-state index in [-0.39, 0.29) is 152 Å². The van der Waals surface area contributed by atoms with Crippen molar-refractivity contribution in [2.24, 2.45) is 23.1 Å². The molecule has 8 amide bonds. The summed E-state index contributed by atoms with van der Waals surface area (Å²) in [5.74, 6) is -2.71. The molecule has 0 saturated carbocycles. The third-order valence-corrected chi connectivity index (χ3v) is 19.7. The number of benzene rings is 8. The molecule has 0 radical (unpaired) electrons. The molecule has 8 aromatic rings. The van der Waals surface area contributed by atoms with E-state index in [1.165, 1.54) is 40.6 Å². The summed E-state index contributed by atoms with van der Waals surface area (Å²) in [6.45, 7) is 3.81. The van der Waals surface area contributed by atoms with Crippen molar-refractivity contribution < 1.29 is 95.4 Å². The highest BCUT2D eigenvalue weighted by atomic mass is 16.6. The van der Waals surface area contributed by atoms with Gasteiger partial charge in [-0.1, -0.05) is 159 Å². The molecule has 648 valence electrons. The lowest BCUT2D eigenvalue weighted by Gasteiger charge is -2.20. The highest BCUT2D eigenvalue weighted by Gasteiger charge is 2.28. The maximum atomic E-state index is 13.9. The van der Waals surface area contributed by atoms with Crippen LogP contribution in [0.2, 0.25) is 0 Å². The summed E-state index contributed by atoms with van der Waals surface area (Å²) in [7, 11) is 5.65. The maximum absolute atomic E-state index is 13.9. The summed E-state index contributed by atoms with van der Waals surface area (Å²) >= 11 is 0. The molecular formula is C93H111N9O20. The van der Waals surface area contributed by atoms with Crippen molar-refractivity contribution in [1.29, 1.82) is 0 Å². The Kier molecular flexibility index (Phi) is 41.2. The van der Waals surface area contributed by atoms with Gasteiger partial charge in [0.15, 0.2) is 17.3 Å². The summed E-state index contributed by atoms with van der Waals surface area (Å²) < 4.78 is 42.4. The maximum Gasteiger partial charge on any atom is 0.407 e. The van der Waals surface area contributed by atoms with E-state index in [9.17, 15) is 57.5 Å². The van der Waals surface area contributed by atoms with E-state index >= 15 is 0 Å². The van der Waals surface area contributed by atoms with Crippen molar-refractivity contribution in [2.75, 3.05) is 54.6 Å². The molecule has 0 fully saturated rings. The number of Topliss-reactive ketones (excluding diaryl/α,β-unsaturated/α-hetero) is 4. The van der Waals surface area contributed by atoms with Gasteiger partial charge >= 0.3 is 24.4 Å². The fourth-order valence-corrected chi connectivity index (χ4v) is 12.8. The van der Waals surface area contributed by atoms with Crippen molar-refractivity contribution in [3.05, 3.63) is 261 Å². The van der Waals surface area contributed by atoms with Crippen LogP contribution in [0.5, 0.6) is 23.0 Å². The smallest absolute Gasteiger partial charge is 0.407 e. The van der Waals surface area contributed by atoms with Crippen molar-refractivity contribution in [3.63, 3.8) is 0 Å². The number of hydrogen-bond acceptors (Lipinski definition) is 21. The van der Waals surface area contributed by atoms with Crippen LogP contribution in [0.15, 0.2) is 194 Å². The molecule has 0 unspecified atom stereocenters. The molecule has 0 aliphatic rings. The number of nitrogens with two attached hydrogens (primary N) is 3. The van der Waals surface area contributed by atoms with Gasteiger partial charge in [0.2, 0.25) is 0 Å². The molecule has 12 N–H and O–H groups in total. The van der Waals surface area contributed by atoms with Gasteiger partial charge in [0.05, 0.1) is 68.8 Å². The highest BCUT2D eigenvalue weighted by molar-refractivity contribution is 6.03. The van der Waals surface area contributed by atoms with Gasteiger partial charge < -0.3 is 87.0 Å². The number of nitrogens with one attached hydrogen (secondary N) is 6. The number of carbonyl (C=O) groups excluding carboxylic acids is 12. The van der Waals surface area contributed by atoms with E-state index in [0.29, 0.717) is 99.6 Å². The van der Waals surface area contributed by atoms with E-state index in [0.717, 1.165) is 22.3 Å². The van der Waals surface area contributed by atoms with Crippen molar-refractivity contribution in [1.82, 2.24) is 31.9 Å². The molecule has 29 nitrogen and oxygen atoms in total. The molecule has 29 heteroatoms. The topological polar surface area (TPSA) is 429 Å². The van der Waals surface area contributed by atoms with Gasteiger partial charge in [-0.15, -0.1) is 0 Å². The first-order valence-electron chi connectivity index (χ1n) is 40.5. The molecule has 0 heterocycles. The van der Waals surface area contributed by atoms with Gasteiger partial charge in [0.1, 0.15) is 55.2 Å². The van der Waals surface area contributed by atoms with Crippen LogP contribution in [0.1, 0.15) is 170 Å². The molecule has 8 aromatic carbocycles. The second kappa shape index (κ2) is 52.5. The zero-order chi connectivity index (χ0) is 88.0. The molecule has 0 spiro atoms. The van der Waals surface area contributed by atoms with Crippen molar-refractivity contribution >= 4 is 71.1 Å². The summed E-state index contributed by atoms with van der Waals surface area (Å²) in [5.41, 5.74) is 23.5. The van der Waals surface area contributed by atoms with E-state index in [1.807, 2.05) is 128 Å². The largest absolute Gasteiger partial charge is 0.496 e. The standard InChI is InChI=1S/C47H56N4O10.C46H55N5O10/c1-32(14-10-12-24-49-46(56)60-30-33-15-6-4-7-16-33)40(52)28-36-21-23-43(59-3)38(27-36)45(55)51-39(41(53)29-35-20-22-42(58-2)37(26-35)44(48)54)19-11-13-25-50-47(57)61-31-34-17-8-5-9-18-34;1-58-41-21-19-33(25-35(41)43(48)54)28-40(53)38(18-10-12-24-50-46(57)61-30-32-15-7-4-8-16-32)51-44(55)36-26-34(20-22-42(36)59-2)27-39(52)37(47)17-9-11-23-49-45(56)60-29-31-13-5-3-6-14-31/h4-9,15-18,20-23,26-27,32,39H,10-14,19,24-25,28-31H2,1-3H3,(H2,48,54)(H,49,56)(H,50,57)(H,51,55);3-8,13-16,19-22,25-26,37-38H,9-12,17-18,23-24,27-30,47H2,1-2H3,(H2,48,54)(H,49,56)(H,50,57)(H,51,55)/t32-,39-;37-,38-/m00/s1. The predicted molar refractivity (Wildman–Crippen MR) is 457 cm³/mol. The molecule has 4 atom stereocenters. The number of carbonyl (C=O) groups is 12. The summed E-state index contributed by atoms with van der Waals surface area (Å²) in [6, 6.07) is 53.7. The van der Waals surface area contributed by atoms with Gasteiger partial charge in [-0.25, -0.2) is 19.2 Å². The Balaban J connectivity index is 0.000000336. The molecule has 0 saturated heterocycles. The molecular weight excluding hydrogens is 1560 g/mol. The Hall–Kier alpha value is -13.4.